The molecule has 2 saturated heterocycles. The number of carboxylic acids is 1. The quantitative estimate of drug-likeness (QED) is 0.713. The van der Waals surface area contributed by atoms with E-state index in [-0.39, 0.29) is 6.10 Å². The molecule has 3 heterocycles. The van der Waals surface area contributed by atoms with Crippen molar-refractivity contribution in [3.8, 4) is 0 Å². The van der Waals surface area contributed by atoms with Crippen molar-refractivity contribution >= 4 is 29.1 Å². The number of hydrogen-bond donors (Lipinski definition) is 3. The number of carbonyl (C=O) groups is 3. The van der Waals surface area contributed by atoms with Gasteiger partial charge in [0.2, 0.25) is 5.91 Å². The highest BCUT2D eigenvalue weighted by molar-refractivity contribution is 7.10. The van der Waals surface area contributed by atoms with Gasteiger partial charge in [-0.2, -0.15) is 0 Å². The minimum Gasteiger partial charge on any atom is -0.481 e. The van der Waals surface area contributed by atoms with Crippen LogP contribution in [0, 0.1) is 25.7 Å². The van der Waals surface area contributed by atoms with Crippen LogP contribution >= 0.6 is 11.3 Å². The molecule has 4 atom stereocenters. The molecule has 124 valence electrons. The first-order valence-electron chi connectivity index (χ1n) is 7.43. The summed E-state index contributed by atoms with van der Waals surface area (Å²) in [4.78, 5) is 36.8. The maximum absolute atomic E-state index is 12.3. The normalized spacial score (nSPS) is 28.6. The van der Waals surface area contributed by atoms with Gasteiger partial charge in [0, 0.05) is 10.3 Å². The Morgan fingerprint density at radius 3 is 2.39 bits per heavy atom. The third-order valence-electron chi connectivity index (χ3n) is 4.69. The standard InChI is InChI=1S/C15H18N2O5S/c1-6-7(2)23-5-8(6)13(18)16-17-14(19)11-9-3-4-10(22-9)12(11)15(20)21/h5,9-12H,3-4H2,1-2H3,(H,16,18)(H,17,19)(H,20,21)/t9-,10-,11-,12-/m0/s1. The first-order valence-corrected chi connectivity index (χ1v) is 8.31. The second-order valence-electron chi connectivity index (χ2n) is 5.95. The number of thiophene rings is 1. The van der Waals surface area contributed by atoms with Gasteiger partial charge in [0.25, 0.3) is 5.91 Å². The molecular weight excluding hydrogens is 320 g/mol. The Labute approximate surface area is 137 Å². The lowest BCUT2D eigenvalue weighted by Gasteiger charge is -2.23. The molecule has 0 aromatic carbocycles. The summed E-state index contributed by atoms with van der Waals surface area (Å²) in [6.45, 7) is 3.76. The van der Waals surface area contributed by atoms with E-state index in [2.05, 4.69) is 10.9 Å². The van der Waals surface area contributed by atoms with Crippen molar-refractivity contribution < 1.29 is 24.2 Å². The highest BCUT2D eigenvalue weighted by Gasteiger charge is 2.55. The minimum atomic E-state index is -1.03. The van der Waals surface area contributed by atoms with Crippen molar-refractivity contribution in [1.29, 1.82) is 0 Å². The molecule has 7 nitrogen and oxygen atoms in total. The highest BCUT2D eigenvalue weighted by atomic mass is 32.1. The van der Waals surface area contributed by atoms with E-state index in [4.69, 9.17) is 4.74 Å². The Morgan fingerprint density at radius 2 is 1.83 bits per heavy atom. The molecule has 2 aliphatic heterocycles. The van der Waals surface area contributed by atoms with E-state index in [1.165, 1.54) is 11.3 Å². The van der Waals surface area contributed by atoms with Crippen LogP contribution in [-0.4, -0.2) is 35.1 Å². The van der Waals surface area contributed by atoms with Crippen molar-refractivity contribution in [2.24, 2.45) is 11.8 Å². The van der Waals surface area contributed by atoms with Crippen molar-refractivity contribution in [1.82, 2.24) is 10.9 Å². The van der Waals surface area contributed by atoms with E-state index in [1.54, 1.807) is 5.38 Å². The summed E-state index contributed by atoms with van der Waals surface area (Å²) in [6, 6.07) is 0. The number of carbonyl (C=O) groups excluding carboxylic acids is 2. The first-order chi connectivity index (χ1) is 10.9. The zero-order valence-electron chi connectivity index (χ0n) is 12.8. The zero-order chi connectivity index (χ0) is 16.7. The number of aliphatic carboxylic acids is 1. The number of hydrogen-bond acceptors (Lipinski definition) is 5. The van der Waals surface area contributed by atoms with E-state index >= 15 is 0 Å². The van der Waals surface area contributed by atoms with Crippen LogP contribution in [0.5, 0.6) is 0 Å². The van der Waals surface area contributed by atoms with Gasteiger partial charge in [-0.15, -0.1) is 11.3 Å². The summed E-state index contributed by atoms with van der Waals surface area (Å²) >= 11 is 1.46. The minimum absolute atomic E-state index is 0.386. The largest absolute Gasteiger partial charge is 0.481 e. The Kier molecular flexibility index (Phi) is 4.11. The molecule has 1 aromatic heterocycles. The topological polar surface area (TPSA) is 105 Å². The Balaban J connectivity index is 1.64. The third-order valence-corrected chi connectivity index (χ3v) is 5.70. The van der Waals surface area contributed by atoms with Gasteiger partial charge in [0.1, 0.15) is 0 Å². The molecule has 2 fully saturated rings. The van der Waals surface area contributed by atoms with Crippen LogP contribution in [0.15, 0.2) is 5.38 Å². The maximum atomic E-state index is 12.3. The number of fused-ring (bicyclic) bond motifs is 2. The van der Waals surface area contributed by atoms with Gasteiger partial charge in [-0.1, -0.05) is 0 Å². The summed E-state index contributed by atoms with van der Waals surface area (Å²) in [7, 11) is 0. The van der Waals surface area contributed by atoms with Gasteiger partial charge in [-0.25, -0.2) is 0 Å². The van der Waals surface area contributed by atoms with Gasteiger partial charge in [-0.3, -0.25) is 25.2 Å². The molecule has 3 rings (SSSR count). The van der Waals surface area contributed by atoms with Crippen LogP contribution in [0.4, 0.5) is 0 Å². The smallest absolute Gasteiger partial charge is 0.310 e. The van der Waals surface area contributed by atoms with Crippen LogP contribution in [0.3, 0.4) is 0 Å². The van der Waals surface area contributed by atoms with Gasteiger partial charge in [0.15, 0.2) is 0 Å². The summed E-state index contributed by atoms with van der Waals surface area (Å²) < 4.78 is 5.54. The molecule has 8 heteroatoms. The lowest BCUT2D eigenvalue weighted by molar-refractivity contribution is -0.148. The van der Waals surface area contributed by atoms with Gasteiger partial charge < -0.3 is 9.84 Å². The van der Waals surface area contributed by atoms with Crippen LogP contribution in [0.1, 0.15) is 33.6 Å². The second kappa shape index (κ2) is 5.93. The van der Waals surface area contributed by atoms with Crippen LogP contribution < -0.4 is 10.9 Å². The van der Waals surface area contributed by atoms with E-state index in [0.29, 0.717) is 18.4 Å². The Morgan fingerprint density at radius 1 is 1.17 bits per heavy atom. The molecule has 0 unspecified atom stereocenters. The van der Waals surface area contributed by atoms with Crippen molar-refractivity contribution in [3.05, 3.63) is 21.4 Å². The van der Waals surface area contributed by atoms with Crippen LogP contribution in [0.25, 0.3) is 0 Å². The van der Waals surface area contributed by atoms with Crippen molar-refractivity contribution in [2.75, 3.05) is 0 Å². The van der Waals surface area contributed by atoms with E-state index in [0.717, 1.165) is 10.4 Å². The van der Waals surface area contributed by atoms with E-state index in [9.17, 15) is 19.5 Å². The Hall–Kier alpha value is -1.93. The lowest BCUT2D eigenvalue weighted by Crippen LogP contribution is -2.50. The molecule has 3 N–H and O–H groups in total. The average Bonchev–Trinajstić information content (AvgIpc) is 3.20. The highest BCUT2D eigenvalue weighted by Crippen LogP contribution is 2.43. The van der Waals surface area contributed by atoms with E-state index < -0.39 is 35.7 Å². The fourth-order valence-electron chi connectivity index (χ4n) is 3.33. The van der Waals surface area contributed by atoms with Crippen LogP contribution in [0.2, 0.25) is 0 Å². The third kappa shape index (κ3) is 2.72. The fourth-order valence-corrected chi connectivity index (χ4v) is 4.20. The van der Waals surface area contributed by atoms with Crippen LogP contribution in [-0.2, 0) is 14.3 Å². The second-order valence-corrected chi connectivity index (χ2v) is 7.04. The number of ether oxygens (including phenoxy) is 1. The molecule has 0 saturated carbocycles. The predicted octanol–water partition coefficient (Wildman–Crippen LogP) is 1.00. The summed E-state index contributed by atoms with van der Waals surface area (Å²) in [5.41, 5.74) is 6.10. The molecule has 2 bridgehead atoms. The van der Waals surface area contributed by atoms with Gasteiger partial charge in [0.05, 0.1) is 29.6 Å². The maximum Gasteiger partial charge on any atom is 0.310 e. The number of hydrazine groups is 1. The van der Waals surface area contributed by atoms with Crippen molar-refractivity contribution in [2.45, 2.75) is 38.9 Å². The molecular formula is C15H18N2O5S. The molecule has 0 radical (unpaired) electrons. The molecule has 2 aliphatic rings. The molecule has 0 aliphatic carbocycles. The SMILES string of the molecule is Cc1scc(C(=O)NNC(=O)[C@@H]2[C@@H](C(=O)O)[C@@H]3CC[C@@H]2O3)c1C. The monoisotopic (exact) mass is 338 g/mol. The molecule has 23 heavy (non-hydrogen) atoms. The molecule has 0 spiro atoms. The fraction of sp³-hybridized carbons (Fsp3) is 0.533. The summed E-state index contributed by atoms with van der Waals surface area (Å²) in [5.74, 6) is -3.57. The number of carboxylic acid groups (broad SMARTS) is 1. The van der Waals surface area contributed by atoms with Gasteiger partial charge >= 0.3 is 5.97 Å². The number of aryl methyl sites for hydroxylation is 1. The predicted molar refractivity (Wildman–Crippen MR) is 81.9 cm³/mol. The van der Waals surface area contributed by atoms with Crippen molar-refractivity contribution in [3.63, 3.8) is 0 Å². The summed E-state index contributed by atoms with van der Waals surface area (Å²) in [5, 5.41) is 11.0. The summed E-state index contributed by atoms with van der Waals surface area (Å²) in [6.07, 6.45) is 0.530. The number of rotatable bonds is 3. The van der Waals surface area contributed by atoms with Gasteiger partial charge in [-0.05, 0) is 32.3 Å². The molecule has 2 amide bonds. The average molecular weight is 338 g/mol. The number of amides is 2. The zero-order valence-corrected chi connectivity index (χ0v) is 13.6. The molecule has 1 aromatic rings. The Bertz CT molecular complexity index is 671. The first kappa shape index (κ1) is 15.9. The lowest BCUT2D eigenvalue weighted by atomic mass is 9.79. The van der Waals surface area contributed by atoms with E-state index in [1.807, 2.05) is 13.8 Å². The number of nitrogens with one attached hydrogen (secondary N) is 2.